The van der Waals surface area contributed by atoms with E-state index in [2.05, 4.69) is 154 Å². The van der Waals surface area contributed by atoms with Crippen molar-refractivity contribution in [3.63, 3.8) is 0 Å². The van der Waals surface area contributed by atoms with Crippen LogP contribution in [0.5, 0.6) is 0 Å². The maximum absolute atomic E-state index is 4.74. The van der Waals surface area contributed by atoms with Crippen LogP contribution in [0.3, 0.4) is 0 Å². The minimum Gasteiger partial charge on any atom is -0.309 e. The Kier molecular flexibility index (Phi) is 5.12. The number of fused-ring (bicyclic) bond motifs is 9. The van der Waals surface area contributed by atoms with Crippen molar-refractivity contribution in [2.45, 2.75) is 0 Å². The molecule has 4 nitrogen and oxygen atoms in total. The van der Waals surface area contributed by atoms with Gasteiger partial charge in [0.2, 0.25) is 0 Å². The van der Waals surface area contributed by atoms with Crippen LogP contribution < -0.4 is 0 Å². The van der Waals surface area contributed by atoms with Crippen LogP contribution >= 0.6 is 11.3 Å². The highest BCUT2D eigenvalue weighted by Crippen LogP contribution is 2.39. The van der Waals surface area contributed by atoms with Crippen molar-refractivity contribution >= 4 is 75.3 Å². The molecule has 10 rings (SSSR count). The Balaban J connectivity index is 1.18. The third-order valence-corrected chi connectivity index (χ3v) is 10.2. The molecule has 0 fully saturated rings. The molecule has 0 saturated carbocycles. The van der Waals surface area contributed by atoms with Gasteiger partial charge >= 0.3 is 0 Å². The summed E-state index contributed by atoms with van der Waals surface area (Å²) in [6.45, 7) is 0. The van der Waals surface area contributed by atoms with Crippen LogP contribution in [0, 0.1) is 0 Å². The molecule has 0 bridgehead atoms. The second-order valence-electron chi connectivity index (χ2n) is 11.5. The Labute approximate surface area is 262 Å². The van der Waals surface area contributed by atoms with E-state index in [1.165, 1.54) is 53.7 Å². The molecule has 6 aromatic carbocycles. The molecule has 0 aliphatic heterocycles. The molecular formula is C40H24N4S. The third-order valence-electron chi connectivity index (χ3n) is 9.05. The first-order valence-electron chi connectivity index (χ1n) is 15.1. The zero-order valence-electron chi connectivity index (χ0n) is 24.1. The topological polar surface area (TPSA) is 35.6 Å². The zero-order chi connectivity index (χ0) is 29.5. The van der Waals surface area contributed by atoms with Gasteiger partial charge < -0.3 is 9.13 Å². The van der Waals surface area contributed by atoms with E-state index in [1.807, 2.05) is 0 Å². The smallest absolute Gasteiger partial charge is 0.116 e. The highest BCUT2D eigenvalue weighted by molar-refractivity contribution is 7.26. The molecule has 0 spiro atoms. The van der Waals surface area contributed by atoms with Crippen LogP contribution in [0.2, 0.25) is 0 Å². The van der Waals surface area contributed by atoms with Gasteiger partial charge in [0, 0.05) is 48.6 Å². The Morgan fingerprint density at radius 2 is 0.978 bits per heavy atom. The number of nitrogens with zero attached hydrogens (tertiary/aromatic N) is 4. The lowest BCUT2D eigenvalue weighted by atomic mass is 10.1. The van der Waals surface area contributed by atoms with E-state index in [-0.39, 0.29) is 0 Å². The SMILES string of the molecule is c1ccc2c(c1)sc1c(-c3ccc(-n4c5ccccc5c5ccc(-n6c7ccccc7c7ccccc76)cc54)cc3)ncnc12. The van der Waals surface area contributed by atoms with Gasteiger partial charge in [0.1, 0.15) is 6.33 Å². The Bertz CT molecular complexity index is 2710. The van der Waals surface area contributed by atoms with Crippen molar-refractivity contribution in [2.75, 3.05) is 0 Å². The molecule has 4 heterocycles. The molecule has 0 aliphatic rings. The Hall–Kier alpha value is -5.78. The first-order chi connectivity index (χ1) is 22.3. The van der Waals surface area contributed by atoms with Gasteiger partial charge in [-0.3, -0.25) is 0 Å². The molecule has 10 aromatic rings. The maximum Gasteiger partial charge on any atom is 0.116 e. The van der Waals surface area contributed by atoms with Gasteiger partial charge in [-0.2, -0.15) is 0 Å². The first kappa shape index (κ1) is 24.6. The van der Waals surface area contributed by atoms with E-state index in [1.54, 1.807) is 17.7 Å². The monoisotopic (exact) mass is 592 g/mol. The van der Waals surface area contributed by atoms with Crippen LogP contribution in [0.4, 0.5) is 0 Å². The summed E-state index contributed by atoms with van der Waals surface area (Å²) in [4.78, 5) is 9.39. The van der Waals surface area contributed by atoms with Crippen molar-refractivity contribution < 1.29 is 0 Å². The van der Waals surface area contributed by atoms with E-state index in [0.717, 1.165) is 32.8 Å². The van der Waals surface area contributed by atoms with Crippen molar-refractivity contribution in [3.05, 3.63) is 146 Å². The number of thiophene rings is 1. The summed E-state index contributed by atoms with van der Waals surface area (Å²) in [6, 6.07) is 50.2. The van der Waals surface area contributed by atoms with Gasteiger partial charge in [-0.25, -0.2) is 9.97 Å². The van der Waals surface area contributed by atoms with Crippen LogP contribution in [-0.2, 0) is 0 Å². The molecule has 210 valence electrons. The van der Waals surface area contributed by atoms with Gasteiger partial charge in [0.15, 0.2) is 0 Å². The van der Waals surface area contributed by atoms with Gasteiger partial charge in [0.05, 0.1) is 38.0 Å². The fourth-order valence-electron chi connectivity index (χ4n) is 7.07. The zero-order valence-corrected chi connectivity index (χ0v) is 24.9. The largest absolute Gasteiger partial charge is 0.309 e. The Morgan fingerprint density at radius 1 is 0.444 bits per heavy atom. The second kappa shape index (κ2) is 9.36. The summed E-state index contributed by atoms with van der Waals surface area (Å²) < 4.78 is 7.14. The average molecular weight is 593 g/mol. The van der Waals surface area contributed by atoms with Crippen LogP contribution in [0.25, 0.3) is 86.5 Å². The minimum atomic E-state index is 0.976. The highest BCUT2D eigenvalue weighted by Gasteiger charge is 2.17. The van der Waals surface area contributed by atoms with Crippen molar-refractivity contribution in [1.29, 1.82) is 0 Å². The van der Waals surface area contributed by atoms with Gasteiger partial charge in [-0.05, 0) is 48.5 Å². The summed E-state index contributed by atoms with van der Waals surface area (Å²) in [7, 11) is 0. The van der Waals surface area contributed by atoms with E-state index in [9.17, 15) is 0 Å². The summed E-state index contributed by atoms with van der Waals surface area (Å²) in [6.07, 6.45) is 1.69. The lowest BCUT2D eigenvalue weighted by molar-refractivity contribution is 1.15. The van der Waals surface area contributed by atoms with Crippen molar-refractivity contribution in [2.24, 2.45) is 0 Å². The van der Waals surface area contributed by atoms with E-state index < -0.39 is 0 Å². The van der Waals surface area contributed by atoms with Gasteiger partial charge in [-0.15, -0.1) is 11.3 Å². The fraction of sp³-hybridized carbons (Fsp3) is 0. The molecule has 0 saturated heterocycles. The fourth-order valence-corrected chi connectivity index (χ4v) is 8.24. The van der Waals surface area contributed by atoms with E-state index in [4.69, 9.17) is 4.98 Å². The molecular weight excluding hydrogens is 569 g/mol. The molecule has 0 amide bonds. The molecule has 45 heavy (non-hydrogen) atoms. The van der Waals surface area contributed by atoms with Crippen LogP contribution in [0.1, 0.15) is 0 Å². The maximum atomic E-state index is 4.74. The number of benzene rings is 6. The van der Waals surface area contributed by atoms with Gasteiger partial charge in [0.25, 0.3) is 0 Å². The molecule has 0 radical (unpaired) electrons. The number of hydrogen-bond acceptors (Lipinski definition) is 3. The molecule has 0 atom stereocenters. The van der Waals surface area contributed by atoms with Crippen molar-refractivity contribution in [1.82, 2.24) is 19.1 Å². The van der Waals surface area contributed by atoms with E-state index in [0.29, 0.717) is 0 Å². The van der Waals surface area contributed by atoms with Crippen LogP contribution in [0.15, 0.2) is 146 Å². The minimum absolute atomic E-state index is 0.976. The summed E-state index contributed by atoms with van der Waals surface area (Å²) in [5, 5.41) is 6.20. The number of rotatable bonds is 3. The average Bonchev–Trinajstić information content (AvgIpc) is 3.76. The molecule has 4 aromatic heterocycles. The molecule has 5 heteroatoms. The molecule has 0 unspecified atom stereocenters. The lowest BCUT2D eigenvalue weighted by Crippen LogP contribution is -1.97. The highest BCUT2D eigenvalue weighted by atomic mass is 32.1. The van der Waals surface area contributed by atoms with Crippen LogP contribution in [-0.4, -0.2) is 19.1 Å². The quantitative estimate of drug-likeness (QED) is 0.205. The normalized spacial score (nSPS) is 12.0. The predicted molar refractivity (Wildman–Crippen MR) is 189 cm³/mol. The predicted octanol–water partition coefficient (Wildman–Crippen LogP) is 10.7. The number of hydrogen-bond donors (Lipinski definition) is 0. The summed E-state index contributed by atoms with van der Waals surface area (Å²) >= 11 is 1.76. The first-order valence-corrected chi connectivity index (χ1v) is 15.9. The van der Waals surface area contributed by atoms with E-state index >= 15 is 0 Å². The Morgan fingerprint density at radius 3 is 1.64 bits per heavy atom. The number of para-hydroxylation sites is 3. The summed E-state index contributed by atoms with van der Waals surface area (Å²) in [5.74, 6) is 0. The molecule has 0 aliphatic carbocycles. The van der Waals surface area contributed by atoms with Gasteiger partial charge in [-0.1, -0.05) is 91.0 Å². The standard InChI is InChI=1S/C40H24N4S/c1-6-14-34-28(9-1)29-10-2-7-15-35(29)44(34)27-21-22-31-30-11-3-5-13-33(30)43(36(31)23-27)26-19-17-25(18-20-26)38-40-39(42-24-41-38)32-12-4-8-16-37(32)45-40/h1-24H. The number of aromatic nitrogens is 4. The second-order valence-corrected chi connectivity index (χ2v) is 12.5. The lowest BCUT2D eigenvalue weighted by Gasteiger charge is -2.12. The summed E-state index contributed by atoms with van der Waals surface area (Å²) in [5.41, 5.74) is 10.1. The van der Waals surface area contributed by atoms with Crippen molar-refractivity contribution in [3.8, 4) is 22.6 Å². The molecule has 0 N–H and O–H groups in total. The third kappa shape index (κ3) is 3.53.